The van der Waals surface area contributed by atoms with Crippen molar-refractivity contribution in [3.8, 4) is 0 Å². The minimum atomic E-state index is 0.151. The standard InChI is InChI=1S/C23H25N3O/c1-17-6-5-9-20-21(10-13-24-22(17)20)25-16-18-11-14-26(15-12-18)23(27)19-7-3-2-4-8-19/h2-10,13,18H,11-12,14-16H2,1H3,(H,24,25). The maximum Gasteiger partial charge on any atom is 0.253 e. The van der Waals surface area contributed by atoms with Gasteiger partial charge in [0.2, 0.25) is 0 Å². The van der Waals surface area contributed by atoms with Crippen LogP contribution >= 0.6 is 0 Å². The number of benzene rings is 2. The van der Waals surface area contributed by atoms with Gasteiger partial charge in [0.1, 0.15) is 0 Å². The lowest BCUT2D eigenvalue weighted by atomic mass is 9.96. The van der Waals surface area contributed by atoms with Gasteiger partial charge in [-0.25, -0.2) is 0 Å². The molecule has 1 N–H and O–H groups in total. The first-order chi connectivity index (χ1) is 13.2. The number of fused-ring (bicyclic) bond motifs is 1. The number of hydrogen-bond donors (Lipinski definition) is 1. The van der Waals surface area contributed by atoms with E-state index in [-0.39, 0.29) is 5.91 Å². The van der Waals surface area contributed by atoms with E-state index >= 15 is 0 Å². The van der Waals surface area contributed by atoms with Crippen LogP contribution in [0.3, 0.4) is 0 Å². The minimum absolute atomic E-state index is 0.151. The molecular formula is C23H25N3O. The van der Waals surface area contributed by atoms with Crippen LogP contribution in [0.1, 0.15) is 28.8 Å². The Morgan fingerprint density at radius 1 is 1.07 bits per heavy atom. The van der Waals surface area contributed by atoms with E-state index in [1.807, 2.05) is 41.4 Å². The quantitative estimate of drug-likeness (QED) is 0.745. The van der Waals surface area contributed by atoms with Crippen LogP contribution in [-0.4, -0.2) is 35.4 Å². The summed E-state index contributed by atoms with van der Waals surface area (Å²) in [6.45, 7) is 4.69. The van der Waals surface area contributed by atoms with Crippen LogP contribution in [-0.2, 0) is 0 Å². The fourth-order valence-corrected chi connectivity index (χ4v) is 3.84. The number of pyridine rings is 1. The zero-order valence-corrected chi connectivity index (χ0v) is 15.7. The Morgan fingerprint density at radius 3 is 2.63 bits per heavy atom. The van der Waals surface area contributed by atoms with Gasteiger partial charge in [0.25, 0.3) is 5.91 Å². The Kier molecular flexibility index (Phi) is 5.05. The summed E-state index contributed by atoms with van der Waals surface area (Å²) >= 11 is 0. The molecule has 0 unspecified atom stereocenters. The largest absolute Gasteiger partial charge is 0.384 e. The molecule has 4 rings (SSSR count). The molecule has 1 aromatic heterocycles. The first-order valence-electron chi connectivity index (χ1n) is 9.65. The number of piperidine rings is 1. The fourth-order valence-electron chi connectivity index (χ4n) is 3.84. The Labute approximate surface area is 160 Å². The van der Waals surface area contributed by atoms with Gasteiger partial charge in [-0.2, -0.15) is 0 Å². The van der Waals surface area contributed by atoms with E-state index < -0.39 is 0 Å². The fraction of sp³-hybridized carbons (Fsp3) is 0.304. The third-order valence-electron chi connectivity index (χ3n) is 5.48. The predicted molar refractivity (Wildman–Crippen MR) is 110 cm³/mol. The minimum Gasteiger partial charge on any atom is -0.384 e. The number of hydrogen-bond acceptors (Lipinski definition) is 3. The van der Waals surface area contributed by atoms with Crippen molar-refractivity contribution in [2.75, 3.05) is 25.0 Å². The summed E-state index contributed by atoms with van der Waals surface area (Å²) in [6.07, 6.45) is 3.94. The molecule has 3 aromatic rings. The molecule has 4 heteroatoms. The van der Waals surface area contributed by atoms with Gasteiger partial charge in [0.05, 0.1) is 5.52 Å². The molecule has 0 aliphatic carbocycles. The van der Waals surface area contributed by atoms with Crippen LogP contribution < -0.4 is 5.32 Å². The Morgan fingerprint density at radius 2 is 1.85 bits per heavy atom. The van der Waals surface area contributed by atoms with Gasteiger partial charge < -0.3 is 10.2 Å². The lowest BCUT2D eigenvalue weighted by Gasteiger charge is -2.32. The second-order valence-corrected chi connectivity index (χ2v) is 7.31. The molecule has 0 spiro atoms. The molecule has 1 aliphatic heterocycles. The summed E-state index contributed by atoms with van der Waals surface area (Å²) in [6, 6.07) is 17.9. The average Bonchev–Trinajstić information content (AvgIpc) is 2.73. The second-order valence-electron chi connectivity index (χ2n) is 7.31. The van der Waals surface area contributed by atoms with Crippen molar-refractivity contribution < 1.29 is 4.79 Å². The topological polar surface area (TPSA) is 45.2 Å². The van der Waals surface area contributed by atoms with Crippen LogP contribution in [0, 0.1) is 12.8 Å². The van der Waals surface area contributed by atoms with Crippen molar-refractivity contribution in [1.29, 1.82) is 0 Å². The summed E-state index contributed by atoms with van der Waals surface area (Å²) in [4.78, 5) is 19.1. The van der Waals surface area contributed by atoms with Crippen LogP contribution in [0.5, 0.6) is 0 Å². The Balaban J connectivity index is 1.35. The number of anilines is 1. The second kappa shape index (κ2) is 7.78. The molecule has 0 bridgehead atoms. The highest BCUT2D eigenvalue weighted by atomic mass is 16.2. The highest BCUT2D eigenvalue weighted by Gasteiger charge is 2.23. The molecule has 1 amide bonds. The molecule has 138 valence electrons. The van der Waals surface area contributed by atoms with Gasteiger partial charge in [0.15, 0.2) is 0 Å². The number of aryl methyl sites for hydroxylation is 1. The van der Waals surface area contributed by atoms with Gasteiger partial charge in [0, 0.05) is 42.5 Å². The van der Waals surface area contributed by atoms with E-state index in [1.54, 1.807) is 0 Å². The number of amides is 1. The third-order valence-corrected chi connectivity index (χ3v) is 5.48. The van der Waals surface area contributed by atoms with Gasteiger partial charge in [-0.15, -0.1) is 0 Å². The van der Waals surface area contributed by atoms with Crippen molar-refractivity contribution in [2.24, 2.45) is 5.92 Å². The van der Waals surface area contributed by atoms with Crippen molar-refractivity contribution in [2.45, 2.75) is 19.8 Å². The monoisotopic (exact) mass is 359 g/mol. The summed E-state index contributed by atoms with van der Waals surface area (Å²) < 4.78 is 0. The zero-order valence-electron chi connectivity index (χ0n) is 15.7. The van der Waals surface area contributed by atoms with Gasteiger partial charge in [-0.1, -0.05) is 36.4 Å². The number of aromatic nitrogens is 1. The smallest absolute Gasteiger partial charge is 0.253 e. The van der Waals surface area contributed by atoms with Crippen LogP contribution in [0.2, 0.25) is 0 Å². The number of rotatable bonds is 4. The number of para-hydroxylation sites is 1. The van der Waals surface area contributed by atoms with Gasteiger partial charge in [-0.05, 0) is 49.4 Å². The molecule has 1 fully saturated rings. The third kappa shape index (κ3) is 3.80. The first-order valence-corrected chi connectivity index (χ1v) is 9.65. The predicted octanol–water partition coefficient (Wildman–Crippen LogP) is 4.51. The molecule has 4 nitrogen and oxygen atoms in total. The van der Waals surface area contributed by atoms with Crippen molar-refractivity contribution in [3.05, 3.63) is 71.9 Å². The summed E-state index contributed by atoms with van der Waals surface area (Å²) in [5.41, 5.74) is 4.19. The van der Waals surface area contributed by atoms with Crippen molar-refractivity contribution in [3.63, 3.8) is 0 Å². The first kappa shape index (κ1) is 17.5. The van der Waals surface area contributed by atoms with E-state index in [4.69, 9.17) is 0 Å². The summed E-state index contributed by atoms with van der Waals surface area (Å²) in [7, 11) is 0. The number of carbonyl (C=O) groups excluding carboxylic acids is 1. The number of nitrogens with zero attached hydrogens (tertiary/aromatic N) is 2. The lowest BCUT2D eigenvalue weighted by molar-refractivity contribution is 0.0695. The molecule has 0 atom stereocenters. The molecule has 0 saturated carbocycles. The molecule has 2 heterocycles. The van der Waals surface area contributed by atoms with E-state index in [1.165, 1.54) is 10.9 Å². The van der Waals surface area contributed by atoms with Crippen molar-refractivity contribution >= 4 is 22.5 Å². The number of nitrogens with one attached hydrogen (secondary N) is 1. The molecular weight excluding hydrogens is 334 g/mol. The van der Waals surface area contributed by atoms with E-state index in [2.05, 4.69) is 41.5 Å². The normalized spacial score (nSPS) is 15.1. The maximum absolute atomic E-state index is 12.6. The Hall–Kier alpha value is -2.88. The highest BCUT2D eigenvalue weighted by Crippen LogP contribution is 2.25. The van der Waals surface area contributed by atoms with E-state index in [0.717, 1.165) is 49.2 Å². The average molecular weight is 359 g/mol. The van der Waals surface area contributed by atoms with Crippen molar-refractivity contribution in [1.82, 2.24) is 9.88 Å². The number of carbonyl (C=O) groups is 1. The molecule has 0 radical (unpaired) electrons. The summed E-state index contributed by atoms with van der Waals surface area (Å²) in [5, 5.41) is 4.79. The number of likely N-dealkylation sites (tertiary alicyclic amines) is 1. The van der Waals surface area contributed by atoms with Gasteiger partial charge in [-0.3, -0.25) is 9.78 Å². The van der Waals surface area contributed by atoms with Crippen LogP contribution in [0.15, 0.2) is 60.8 Å². The lowest BCUT2D eigenvalue weighted by Crippen LogP contribution is -2.39. The molecule has 2 aromatic carbocycles. The highest BCUT2D eigenvalue weighted by molar-refractivity contribution is 5.94. The van der Waals surface area contributed by atoms with Crippen LogP contribution in [0.4, 0.5) is 5.69 Å². The molecule has 1 aliphatic rings. The van der Waals surface area contributed by atoms with E-state index in [0.29, 0.717) is 5.92 Å². The Bertz CT molecular complexity index is 931. The molecule has 1 saturated heterocycles. The SMILES string of the molecule is Cc1cccc2c(NCC3CCN(C(=O)c4ccccc4)CC3)ccnc12. The molecule has 27 heavy (non-hydrogen) atoms. The maximum atomic E-state index is 12.6. The zero-order chi connectivity index (χ0) is 18.6. The van der Waals surface area contributed by atoms with Gasteiger partial charge >= 0.3 is 0 Å². The van der Waals surface area contributed by atoms with Crippen LogP contribution in [0.25, 0.3) is 10.9 Å². The van der Waals surface area contributed by atoms with E-state index in [9.17, 15) is 4.79 Å². The summed E-state index contributed by atoms with van der Waals surface area (Å²) in [5.74, 6) is 0.732.